The quantitative estimate of drug-likeness (QED) is 0.734. The van der Waals surface area contributed by atoms with Gasteiger partial charge in [0.25, 0.3) is 0 Å². The first-order chi connectivity index (χ1) is 6.35. The van der Waals surface area contributed by atoms with Gasteiger partial charge in [-0.15, -0.1) is 0 Å². The smallest absolute Gasteiger partial charge is 0.233 e. The van der Waals surface area contributed by atoms with Crippen LogP contribution in [0.25, 0.3) is 0 Å². The summed E-state index contributed by atoms with van der Waals surface area (Å²) in [5.74, 6) is 2.30. The lowest BCUT2D eigenvalue weighted by molar-refractivity contribution is 0.337. The molecule has 2 atom stereocenters. The fraction of sp³-hybridized carbons (Fsp3) is 0.778. The monoisotopic (exact) mass is 179 g/mol. The Morgan fingerprint density at radius 1 is 1.62 bits per heavy atom. The third-order valence-electron chi connectivity index (χ3n) is 3.48. The Hall–Kier alpha value is -0.900. The summed E-state index contributed by atoms with van der Waals surface area (Å²) in [5, 5.41) is 3.84. The molecule has 3 rings (SSSR count). The molecule has 0 spiro atoms. The molecule has 2 fully saturated rings. The molecular formula is C9H13N3O. The molecule has 0 amide bonds. The largest absolute Gasteiger partial charge is 0.339 e. The molecular weight excluding hydrogens is 166 g/mol. The van der Waals surface area contributed by atoms with Crippen LogP contribution in [0.1, 0.15) is 37.4 Å². The molecule has 2 saturated carbocycles. The Bertz CT molecular complexity index is 335. The normalized spacial score (nSPS) is 36.2. The van der Waals surface area contributed by atoms with Crippen molar-refractivity contribution in [3.05, 3.63) is 11.7 Å². The average Bonchev–Trinajstić information content (AvgIpc) is 2.60. The summed E-state index contributed by atoms with van der Waals surface area (Å²) in [4.78, 5) is 4.32. The molecule has 2 unspecified atom stereocenters. The highest BCUT2D eigenvalue weighted by molar-refractivity contribution is 5.23. The van der Waals surface area contributed by atoms with Crippen molar-refractivity contribution in [3.63, 3.8) is 0 Å². The maximum absolute atomic E-state index is 5.43. The second-order valence-corrected chi connectivity index (χ2v) is 4.17. The van der Waals surface area contributed by atoms with Gasteiger partial charge in [-0.25, -0.2) is 0 Å². The van der Waals surface area contributed by atoms with Crippen LogP contribution in [-0.2, 0) is 12.0 Å². The zero-order valence-electron chi connectivity index (χ0n) is 7.49. The average molecular weight is 179 g/mol. The van der Waals surface area contributed by atoms with Crippen LogP contribution in [-0.4, -0.2) is 10.1 Å². The Labute approximate surface area is 76.5 Å². The molecule has 2 aliphatic carbocycles. The highest BCUT2D eigenvalue weighted by Gasteiger charge is 2.61. The third-order valence-corrected chi connectivity index (χ3v) is 3.48. The molecule has 1 heterocycles. The van der Waals surface area contributed by atoms with Gasteiger partial charge in [0, 0.05) is 0 Å². The van der Waals surface area contributed by atoms with E-state index in [-0.39, 0.29) is 5.41 Å². The number of fused-ring (bicyclic) bond motifs is 1. The van der Waals surface area contributed by atoms with Gasteiger partial charge in [0.05, 0.1) is 12.0 Å². The predicted octanol–water partition coefficient (Wildman–Crippen LogP) is 0.970. The third kappa shape index (κ3) is 0.892. The summed E-state index contributed by atoms with van der Waals surface area (Å²) in [6.07, 6.45) is 5.12. The minimum atomic E-state index is 0.278. The molecule has 0 saturated heterocycles. The Morgan fingerprint density at radius 2 is 2.54 bits per heavy atom. The lowest BCUT2D eigenvalue weighted by atomic mass is 10.0. The number of hydrogen-bond acceptors (Lipinski definition) is 4. The fourth-order valence-electron chi connectivity index (χ4n) is 2.64. The second kappa shape index (κ2) is 2.32. The summed E-state index contributed by atoms with van der Waals surface area (Å²) < 4.78 is 5.24. The van der Waals surface area contributed by atoms with Crippen LogP contribution >= 0.6 is 0 Å². The molecule has 2 aliphatic rings. The number of hydrogen-bond donors (Lipinski definition) is 1. The molecule has 4 heteroatoms. The maximum atomic E-state index is 5.43. The van der Waals surface area contributed by atoms with Crippen molar-refractivity contribution in [2.24, 2.45) is 11.7 Å². The molecule has 70 valence electrons. The topological polar surface area (TPSA) is 64.9 Å². The van der Waals surface area contributed by atoms with E-state index in [4.69, 9.17) is 10.3 Å². The highest BCUT2D eigenvalue weighted by Crippen LogP contribution is 2.63. The van der Waals surface area contributed by atoms with Crippen LogP contribution in [0.2, 0.25) is 0 Å². The van der Waals surface area contributed by atoms with E-state index in [9.17, 15) is 0 Å². The Morgan fingerprint density at radius 3 is 3.08 bits per heavy atom. The van der Waals surface area contributed by atoms with Crippen molar-refractivity contribution >= 4 is 0 Å². The van der Waals surface area contributed by atoms with Gasteiger partial charge < -0.3 is 10.3 Å². The molecule has 1 aromatic heterocycles. The second-order valence-electron chi connectivity index (χ2n) is 4.17. The van der Waals surface area contributed by atoms with Crippen molar-refractivity contribution in [2.75, 3.05) is 0 Å². The minimum absolute atomic E-state index is 0.278. The van der Waals surface area contributed by atoms with E-state index < -0.39 is 0 Å². The lowest BCUT2D eigenvalue weighted by Crippen LogP contribution is -2.06. The van der Waals surface area contributed by atoms with Crippen molar-refractivity contribution in [3.8, 4) is 0 Å². The zero-order valence-corrected chi connectivity index (χ0v) is 7.49. The molecule has 13 heavy (non-hydrogen) atoms. The van der Waals surface area contributed by atoms with Gasteiger partial charge in [0.15, 0.2) is 5.82 Å². The molecule has 2 N–H and O–H groups in total. The molecule has 1 aromatic rings. The van der Waals surface area contributed by atoms with E-state index in [2.05, 4.69) is 10.1 Å². The van der Waals surface area contributed by atoms with Crippen molar-refractivity contribution in [1.82, 2.24) is 10.1 Å². The van der Waals surface area contributed by atoms with E-state index >= 15 is 0 Å². The van der Waals surface area contributed by atoms with E-state index in [0.29, 0.717) is 12.4 Å². The fourth-order valence-corrected chi connectivity index (χ4v) is 2.64. The van der Waals surface area contributed by atoms with Crippen LogP contribution < -0.4 is 5.73 Å². The van der Waals surface area contributed by atoms with Gasteiger partial charge >= 0.3 is 0 Å². The first-order valence-corrected chi connectivity index (χ1v) is 4.88. The van der Waals surface area contributed by atoms with Crippen LogP contribution in [0.15, 0.2) is 4.52 Å². The molecule has 0 aromatic carbocycles. The van der Waals surface area contributed by atoms with E-state index in [1.54, 1.807) is 0 Å². The Kier molecular flexibility index (Phi) is 1.34. The molecule has 4 nitrogen and oxygen atoms in total. The zero-order chi connectivity index (χ0) is 8.89. The van der Waals surface area contributed by atoms with E-state index in [0.717, 1.165) is 11.8 Å². The molecule has 0 radical (unpaired) electrons. The van der Waals surface area contributed by atoms with E-state index in [1.165, 1.54) is 25.7 Å². The van der Waals surface area contributed by atoms with Crippen LogP contribution in [0.4, 0.5) is 0 Å². The molecule has 0 bridgehead atoms. The summed E-state index contributed by atoms with van der Waals surface area (Å²) in [6, 6.07) is 0. The van der Waals surface area contributed by atoms with Crippen molar-refractivity contribution < 1.29 is 4.52 Å². The summed E-state index contributed by atoms with van der Waals surface area (Å²) in [6.45, 7) is 0.379. The maximum Gasteiger partial charge on any atom is 0.233 e. The predicted molar refractivity (Wildman–Crippen MR) is 45.8 cm³/mol. The number of nitrogens with zero attached hydrogens (tertiary/aromatic N) is 2. The van der Waals surface area contributed by atoms with Gasteiger partial charge in [-0.3, -0.25) is 0 Å². The van der Waals surface area contributed by atoms with Crippen LogP contribution in [0.5, 0.6) is 0 Å². The summed E-state index contributed by atoms with van der Waals surface area (Å²) in [7, 11) is 0. The van der Waals surface area contributed by atoms with Gasteiger partial charge in [0.2, 0.25) is 5.89 Å². The SMILES string of the molecule is NCc1noc(C23CCCC2C3)n1. The number of rotatable bonds is 2. The van der Waals surface area contributed by atoms with E-state index in [1.807, 2.05) is 0 Å². The van der Waals surface area contributed by atoms with Crippen LogP contribution in [0, 0.1) is 5.92 Å². The van der Waals surface area contributed by atoms with Gasteiger partial charge in [0.1, 0.15) is 0 Å². The van der Waals surface area contributed by atoms with Crippen molar-refractivity contribution in [1.29, 1.82) is 0 Å². The Balaban J connectivity index is 1.92. The number of nitrogens with two attached hydrogens (primary N) is 1. The first kappa shape index (κ1) is 7.50. The summed E-state index contributed by atoms with van der Waals surface area (Å²) in [5.41, 5.74) is 5.71. The first-order valence-electron chi connectivity index (χ1n) is 4.88. The van der Waals surface area contributed by atoms with Gasteiger partial charge in [-0.05, 0) is 25.2 Å². The standard InChI is InChI=1S/C9H13N3O/c10-5-7-11-8(13-12-7)9-3-1-2-6(9)4-9/h6H,1-5,10H2. The van der Waals surface area contributed by atoms with Crippen molar-refractivity contribution in [2.45, 2.75) is 37.6 Å². The lowest BCUT2D eigenvalue weighted by Gasteiger charge is -2.02. The van der Waals surface area contributed by atoms with Crippen LogP contribution in [0.3, 0.4) is 0 Å². The minimum Gasteiger partial charge on any atom is -0.339 e. The molecule has 0 aliphatic heterocycles. The number of aromatic nitrogens is 2. The van der Waals surface area contributed by atoms with Gasteiger partial charge in [-0.1, -0.05) is 11.6 Å². The highest BCUT2D eigenvalue weighted by atomic mass is 16.5. The van der Waals surface area contributed by atoms with Gasteiger partial charge in [-0.2, -0.15) is 4.98 Å². The summed E-state index contributed by atoms with van der Waals surface area (Å²) >= 11 is 0.